The number of halogens is 2. The van der Waals surface area contributed by atoms with Gasteiger partial charge >= 0.3 is 0 Å². The van der Waals surface area contributed by atoms with Gasteiger partial charge in [0.25, 0.3) is 0 Å². The molecule has 1 aliphatic rings. The molecule has 0 fully saturated rings. The van der Waals surface area contributed by atoms with Gasteiger partial charge in [0.05, 0.1) is 0 Å². The van der Waals surface area contributed by atoms with Crippen LogP contribution in [0.3, 0.4) is 0 Å². The van der Waals surface area contributed by atoms with Crippen molar-refractivity contribution in [2.75, 3.05) is 0 Å². The Hall–Kier alpha value is -0.930. The van der Waals surface area contributed by atoms with Crippen LogP contribution in [0.25, 0.3) is 0 Å². The van der Waals surface area contributed by atoms with Crippen molar-refractivity contribution >= 4 is 37.6 Å². The molecule has 0 radical (unpaired) electrons. The molecular weight excluding hydrogens is 392 g/mol. The summed E-state index contributed by atoms with van der Waals surface area (Å²) in [5.74, 6) is 0.582. The highest BCUT2D eigenvalue weighted by molar-refractivity contribution is 9.11. The maximum Gasteiger partial charge on any atom is 0.163 e. The number of rotatable bonds is 3. The number of ketones is 1. The van der Waals surface area contributed by atoms with Crippen LogP contribution in [-0.2, 0) is 6.42 Å². The number of benzene rings is 2. The average molecular weight is 408 g/mol. The molecule has 1 unspecified atom stereocenters. The van der Waals surface area contributed by atoms with Crippen LogP contribution in [0.15, 0.2) is 51.4 Å². The summed E-state index contributed by atoms with van der Waals surface area (Å²) in [6, 6.07) is 14.3. The van der Waals surface area contributed by atoms with E-state index in [4.69, 9.17) is 0 Å². The lowest BCUT2D eigenvalue weighted by Gasteiger charge is -2.25. The third-order valence-electron chi connectivity index (χ3n) is 4.11. The molecule has 0 aromatic heterocycles. The lowest BCUT2D eigenvalue weighted by molar-refractivity contribution is 0.0971. The first-order valence-corrected chi connectivity index (χ1v) is 8.79. The minimum atomic E-state index is 0.221. The average Bonchev–Trinajstić information content (AvgIpc) is 2.46. The van der Waals surface area contributed by atoms with Gasteiger partial charge < -0.3 is 0 Å². The van der Waals surface area contributed by atoms with E-state index < -0.39 is 0 Å². The molecule has 0 aliphatic heterocycles. The molecule has 1 nitrogen and oxygen atoms in total. The molecule has 0 amide bonds. The van der Waals surface area contributed by atoms with Crippen molar-refractivity contribution in [2.24, 2.45) is 0 Å². The third kappa shape index (κ3) is 3.46. The van der Waals surface area contributed by atoms with Gasteiger partial charge in [0.1, 0.15) is 0 Å². The number of hydrogen-bond acceptors (Lipinski definition) is 1. The molecule has 1 atom stereocenters. The number of carbonyl (C=O) groups is 1. The van der Waals surface area contributed by atoms with Crippen molar-refractivity contribution in [2.45, 2.75) is 31.6 Å². The fraction of sp³-hybridized carbons (Fsp3) is 0.278. The minimum Gasteiger partial charge on any atom is -0.294 e. The summed E-state index contributed by atoms with van der Waals surface area (Å²) < 4.78 is 1.87. The lowest BCUT2D eigenvalue weighted by atomic mass is 9.79. The number of hydrogen-bond donors (Lipinski definition) is 0. The van der Waals surface area contributed by atoms with E-state index in [0.29, 0.717) is 12.3 Å². The summed E-state index contributed by atoms with van der Waals surface area (Å²) in [6.07, 6.45) is 4.03. The fourth-order valence-corrected chi connectivity index (χ4v) is 4.42. The molecule has 0 saturated heterocycles. The summed E-state index contributed by atoms with van der Waals surface area (Å²) in [5, 5.41) is 0. The highest BCUT2D eigenvalue weighted by Crippen LogP contribution is 2.35. The van der Waals surface area contributed by atoms with Gasteiger partial charge in [-0.25, -0.2) is 0 Å². The zero-order valence-electron chi connectivity index (χ0n) is 11.6. The first kappa shape index (κ1) is 15.0. The van der Waals surface area contributed by atoms with Gasteiger partial charge in [-0.3, -0.25) is 4.79 Å². The van der Waals surface area contributed by atoms with Gasteiger partial charge in [-0.2, -0.15) is 0 Å². The Bertz CT molecular complexity index is 658. The molecule has 3 rings (SSSR count). The van der Waals surface area contributed by atoms with Gasteiger partial charge in [0, 0.05) is 20.9 Å². The zero-order chi connectivity index (χ0) is 14.8. The molecule has 0 spiro atoms. The lowest BCUT2D eigenvalue weighted by Crippen LogP contribution is -2.14. The van der Waals surface area contributed by atoms with E-state index in [1.54, 1.807) is 0 Å². The SMILES string of the molecule is O=C(CC1CCCc2ccccc21)c1cc(Br)cc(Br)c1. The summed E-state index contributed by atoms with van der Waals surface area (Å²) in [4.78, 5) is 12.6. The van der Waals surface area contributed by atoms with Crippen molar-refractivity contribution in [3.63, 3.8) is 0 Å². The van der Waals surface area contributed by atoms with Gasteiger partial charge in [-0.05, 0) is 54.5 Å². The van der Waals surface area contributed by atoms with Crippen LogP contribution in [-0.4, -0.2) is 5.78 Å². The van der Waals surface area contributed by atoms with Crippen molar-refractivity contribution in [3.8, 4) is 0 Å². The number of carbonyl (C=O) groups excluding carboxylic acids is 1. The van der Waals surface area contributed by atoms with E-state index in [1.807, 2.05) is 18.2 Å². The van der Waals surface area contributed by atoms with E-state index in [1.165, 1.54) is 17.5 Å². The Labute approximate surface area is 142 Å². The standard InChI is InChI=1S/C18H16Br2O/c19-15-8-14(9-16(20)11-15)18(21)10-13-6-3-5-12-4-1-2-7-17(12)13/h1-2,4,7-9,11,13H,3,5-6,10H2. The Balaban J connectivity index is 1.82. The van der Waals surface area contributed by atoms with Crippen LogP contribution < -0.4 is 0 Å². The van der Waals surface area contributed by atoms with E-state index in [9.17, 15) is 4.79 Å². The number of Topliss-reactive ketones (excluding diaryl/α,β-unsaturated/α-hetero) is 1. The molecule has 2 aromatic rings. The van der Waals surface area contributed by atoms with E-state index in [0.717, 1.165) is 27.4 Å². The smallest absolute Gasteiger partial charge is 0.163 e. The van der Waals surface area contributed by atoms with Crippen molar-refractivity contribution < 1.29 is 4.79 Å². The molecule has 1 aliphatic carbocycles. The summed E-state index contributed by atoms with van der Waals surface area (Å²) >= 11 is 6.90. The summed E-state index contributed by atoms with van der Waals surface area (Å²) in [6.45, 7) is 0. The van der Waals surface area contributed by atoms with Gasteiger partial charge in [0.15, 0.2) is 5.78 Å². The maximum atomic E-state index is 12.6. The highest BCUT2D eigenvalue weighted by atomic mass is 79.9. The van der Waals surface area contributed by atoms with E-state index >= 15 is 0 Å². The predicted octanol–water partition coefficient (Wildman–Crippen LogP) is 5.90. The first-order valence-electron chi connectivity index (χ1n) is 7.20. The first-order chi connectivity index (χ1) is 10.1. The fourth-order valence-electron chi connectivity index (χ4n) is 3.12. The summed E-state index contributed by atoms with van der Waals surface area (Å²) in [7, 11) is 0. The van der Waals surface area contributed by atoms with Crippen molar-refractivity contribution in [1.82, 2.24) is 0 Å². The Kier molecular flexibility index (Phi) is 4.60. The second-order valence-corrected chi connectivity index (χ2v) is 7.40. The maximum absolute atomic E-state index is 12.6. The molecular formula is C18H16Br2O. The third-order valence-corrected chi connectivity index (χ3v) is 5.03. The zero-order valence-corrected chi connectivity index (χ0v) is 14.8. The highest BCUT2D eigenvalue weighted by Gasteiger charge is 2.23. The summed E-state index contributed by atoms with van der Waals surface area (Å²) in [5.41, 5.74) is 3.56. The predicted molar refractivity (Wildman–Crippen MR) is 92.9 cm³/mol. The Morgan fingerprint density at radius 1 is 1.10 bits per heavy atom. The Morgan fingerprint density at radius 2 is 1.81 bits per heavy atom. The van der Waals surface area contributed by atoms with Crippen LogP contribution in [0, 0.1) is 0 Å². The van der Waals surface area contributed by atoms with E-state index in [-0.39, 0.29) is 5.78 Å². The molecule has 0 heterocycles. The Morgan fingerprint density at radius 3 is 2.57 bits per heavy atom. The normalized spacial score (nSPS) is 17.3. The van der Waals surface area contributed by atoms with Crippen molar-refractivity contribution in [3.05, 3.63) is 68.1 Å². The molecule has 21 heavy (non-hydrogen) atoms. The molecule has 0 N–H and O–H groups in total. The van der Waals surface area contributed by atoms with Gasteiger partial charge in [-0.1, -0.05) is 56.1 Å². The monoisotopic (exact) mass is 406 g/mol. The minimum absolute atomic E-state index is 0.221. The van der Waals surface area contributed by atoms with Crippen LogP contribution in [0.1, 0.15) is 46.7 Å². The van der Waals surface area contributed by atoms with Crippen molar-refractivity contribution in [1.29, 1.82) is 0 Å². The van der Waals surface area contributed by atoms with E-state index in [2.05, 4.69) is 56.1 Å². The van der Waals surface area contributed by atoms with Crippen LogP contribution in [0.4, 0.5) is 0 Å². The van der Waals surface area contributed by atoms with Crippen LogP contribution in [0.5, 0.6) is 0 Å². The molecule has 0 saturated carbocycles. The molecule has 108 valence electrons. The number of aryl methyl sites for hydroxylation is 1. The van der Waals surface area contributed by atoms with Gasteiger partial charge in [-0.15, -0.1) is 0 Å². The number of fused-ring (bicyclic) bond motifs is 1. The van der Waals surface area contributed by atoms with Gasteiger partial charge in [0.2, 0.25) is 0 Å². The second kappa shape index (κ2) is 6.45. The molecule has 2 aromatic carbocycles. The second-order valence-electron chi connectivity index (χ2n) is 5.57. The van der Waals surface area contributed by atoms with Crippen LogP contribution >= 0.6 is 31.9 Å². The quantitative estimate of drug-likeness (QED) is 0.578. The van der Waals surface area contributed by atoms with Crippen LogP contribution in [0.2, 0.25) is 0 Å². The topological polar surface area (TPSA) is 17.1 Å². The molecule has 3 heteroatoms. The molecule has 0 bridgehead atoms. The largest absolute Gasteiger partial charge is 0.294 e.